The van der Waals surface area contributed by atoms with Gasteiger partial charge in [-0.15, -0.1) is 0 Å². The van der Waals surface area contributed by atoms with E-state index >= 15 is 0 Å². The number of sulfonamides is 1. The first-order valence-electron chi connectivity index (χ1n) is 11.5. The molecule has 0 bridgehead atoms. The summed E-state index contributed by atoms with van der Waals surface area (Å²) in [5, 5.41) is 3.05. The molecule has 2 aromatic rings. The molecule has 0 heterocycles. The smallest absolute Gasteiger partial charge is 0.244 e. The number of nitrogens with one attached hydrogen (secondary N) is 1. The van der Waals surface area contributed by atoms with E-state index in [1.54, 1.807) is 31.2 Å². The van der Waals surface area contributed by atoms with Gasteiger partial charge in [-0.2, -0.15) is 0 Å². The topological polar surface area (TPSA) is 96.0 Å². The lowest BCUT2D eigenvalue weighted by molar-refractivity contribution is -0.139. The van der Waals surface area contributed by atoms with Crippen LogP contribution in [0.15, 0.2) is 53.0 Å². The molecule has 1 aliphatic carbocycles. The third-order valence-corrected chi connectivity index (χ3v) is 7.78. The highest BCUT2D eigenvalue weighted by atomic mass is 79.9. The van der Waals surface area contributed by atoms with Gasteiger partial charge in [-0.3, -0.25) is 13.9 Å². The Bertz CT molecular complexity index is 1130. The van der Waals surface area contributed by atoms with Gasteiger partial charge < -0.3 is 15.0 Å². The Balaban J connectivity index is 1.87. The number of benzene rings is 2. The molecule has 2 amide bonds. The van der Waals surface area contributed by atoms with E-state index in [2.05, 4.69) is 21.2 Å². The number of hydrogen-bond acceptors (Lipinski definition) is 5. The number of carbonyl (C=O) groups excluding carboxylic acids is 2. The largest absolute Gasteiger partial charge is 0.497 e. The van der Waals surface area contributed by atoms with Crippen molar-refractivity contribution in [2.75, 3.05) is 24.2 Å². The van der Waals surface area contributed by atoms with Crippen molar-refractivity contribution >= 4 is 43.5 Å². The van der Waals surface area contributed by atoms with Crippen molar-refractivity contribution in [3.8, 4) is 5.75 Å². The number of halogens is 1. The van der Waals surface area contributed by atoms with Crippen LogP contribution in [0.4, 0.5) is 5.69 Å². The molecule has 190 valence electrons. The summed E-state index contributed by atoms with van der Waals surface area (Å²) >= 11 is 3.44. The maximum absolute atomic E-state index is 13.6. The number of rotatable bonds is 10. The SMILES string of the molecule is COc1ccc(N(CC(=O)N(Cc2cccc(Br)c2)[C@@H](C)C(=O)NC2CCCC2)S(C)(=O)=O)cc1. The van der Waals surface area contributed by atoms with Crippen LogP contribution < -0.4 is 14.4 Å². The molecule has 0 unspecified atom stereocenters. The molecule has 0 saturated heterocycles. The van der Waals surface area contributed by atoms with Crippen LogP contribution in [0.25, 0.3) is 0 Å². The van der Waals surface area contributed by atoms with Crippen LogP contribution in [0.2, 0.25) is 0 Å². The van der Waals surface area contributed by atoms with Gasteiger partial charge in [0.05, 0.1) is 19.1 Å². The summed E-state index contributed by atoms with van der Waals surface area (Å²) in [6.07, 6.45) is 5.06. The Labute approximate surface area is 215 Å². The normalized spacial score (nSPS) is 14.9. The Kier molecular flexibility index (Phi) is 9.18. The summed E-state index contributed by atoms with van der Waals surface area (Å²) < 4.78 is 32.3. The molecule has 1 saturated carbocycles. The lowest BCUT2D eigenvalue weighted by Gasteiger charge is -2.32. The van der Waals surface area contributed by atoms with Gasteiger partial charge in [0.25, 0.3) is 0 Å². The van der Waals surface area contributed by atoms with Gasteiger partial charge in [-0.1, -0.05) is 40.9 Å². The lowest BCUT2D eigenvalue weighted by atomic mass is 10.1. The fourth-order valence-electron chi connectivity index (χ4n) is 4.17. The van der Waals surface area contributed by atoms with Gasteiger partial charge in [0, 0.05) is 17.1 Å². The zero-order valence-corrected chi connectivity index (χ0v) is 22.6. The molecule has 0 aromatic heterocycles. The minimum Gasteiger partial charge on any atom is -0.497 e. The first-order valence-corrected chi connectivity index (χ1v) is 14.2. The molecule has 0 spiro atoms. The van der Waals surface area contributed by atoms with Crippen molar-refractivity contribution < 1.29 is 22.7 Å². The quantitative estimate of drug-likeness (QED) is 0.473. The zero-order chi connectivity index (χ0) is 25.6. The van der Waals surface area contributed by atoms with E-state index in [0.717, 1.165) is 46.3 Å². The lowest BCUT2D eigenvalue weighted by Crippen LogP contribution is -2.52. The number of hydrogen-bond donors (Lipinski definition) is 1. The number of anilines is 1. The summed E-state index contributed by atoms with van der Waals surface area (Å²) in [4.78, 5) is 28.1. The molecule has 1 N–H and O–H groups in total. The summed E-state index contributed by atoms with van der Waals surface area (Å²) in [6.45, 7) is 1.41. The molecule has 2 aromatic carbocycles. The highest BCUT2D eigenvalue weighted by Crippen LogP contribution is 2.23. The van der Waals surface area contributed by atoms with Crippen LogP contribution in [-0.4, -0.2) is 57.1 Å². The van der Waals surface area contributed by atoms with Crippen LogP contribution >= 0.6 is 15.9 Å². The molecular weight excluding hydrogens is 534 g/mol. The van der Waals surface area contributed by atoms with Gasteiger partial charge in [0.1, 0.15) is 18.3 Å². The number of ether oxygens (including phenoxy) is 1. The maximum Gasteiger partial charge on any atom is 0.244 e. The van der Waals surface area contributed by atoms with Crippen molar-refractivity contribution in [1.29, 1.82) is 0 Å². The molecular formula is C25H32BrN3O5S. The molecule has 0 radical (unpaired) electrons. The second kappa shape index (κ2) is 11.9. The fraction of sp³-hybridized carbons (Fsp3) is 0.440. The van der Waals surface area contributed by atoms with E-state index in [1.165, 1.54) is 12.0 Å². The predicted octanol–water partition coefficient (Wildman–Crippen LogP) is 3.70. The van der Waals surface area contributed by atoms with Gasteiger partial charge in [-0.05, 0) is 61.7 Å². The van der Waals surface area contributed by atoms with E-state index in [4.69, 9.17) is 4.74 Å². The van der Waals surface area contributed by atoms with Crippen molar-refractivity contribution in [1.82, 2.24) is 10.2 Å². The first-order chi connectivity index (χ1) is 16.6. The Hall–Kier alpha value is -2.59. The second-order valence-corrected chi connectivity index (χ2v) is 11.6. The molecule has 1 fully saturated rings. The minimum atomic E-state index is -3.77. The first kappa shape index (κ1) is 27.0. The molecule has 8 nitrogen and oxygen atoms in total. The van der Waals surface area contributed by atoms with E-state index in [1.807, 2.05) is 24.3 Å². The van der Waals surface area contributed by atoms with Crippen LogP contribution in [-0.2, 0) is 26.2 Å². The Morgan fingerprint density at radius 3 is 2.37 bits per heavy atom. The molecule has 0 aliphatic heterocycles. The highest BCUT2D eigenvalue weighted by Gasteiger charge is 2.31. The number of amides is 2. The number of carbonyl (C=O) groups is 2. The van der Waals surface area contributed by atoms with E-state index in [9.17, 15) is 18.0 Å². The zero-order valence-electron chi connectivity index (χ0n) is 20.2. The van der Waals surface area contributed by atoms with Crippen molar-refractivity contribution in [2.24, 2.45) is 0 Å². The van der Waals surface area contributed by atoms with Crippen LogP contribution in [0.1, 0.15) is 38.2 Å². The van der Waals surface area contributed by atoms with Gasteiger partial charge >= 0.3 is 0 Å². The molecule has 1 aliphatic rings. The van der Waals surface area contributed by atoms with Crippen LogP contribution in [0, 0.1) is 0 Å². The van der Waals surface area contributed by atoms with Gasteiger partial charge in [0.15, 0.2) is 0 Å². The Morgan fingerprint density at radius 2 is 1.80 bits per heavy atom. The van der Waals surface area contributed by atoms with Crippen molar-refractivity contribution in [3.63, 3.8) is 0 Å². The van der Waals surface area contributed by atoms with Gasteiger partial charge in [0.2, 0.25) is 21.8 Å². The third-order valence-electron chi connectivity index (χ3n) is 6.15. The monoisotopic (exact) mass is 565 g/mol. The van der Waals surface area contributed by atoms with Crippen LogP contribution in [0.5, 0.6) is 5.75 Å². The van der Waals surface area contributed by atoms with Crippen molar-refractivity contribution in [2.45, 2.75) is 51.2 Å². The van der Waals surface area contributed by atoms with Crippen LogP contribution in [0.3, 0.4) is 0 Å². The highest BCUT2D eigenvalue weighted by molar-refractivity contribution is 9.10. The third kappa shape index (κ3) is 7.44. The fourth-order valence-corrected chi connectivity index (χ4v) is 5.47. The summed E-state index contributed by atoms with van der Waals surface area (Å²) in [7, 11) is -2.25. The Morgan fingerprint density at radius 1 is 1.14 bits per heavy atom. The molecule has 10 heteroatoms. The average molecular weight is 567 g/mol. The summed E-state index contributed by atoms with van der Waals surface area (Å²) in [5.41, 5.74) is 1.16. The minimum absolute atomic E-state index is 0.111. The predicted molar refractivity (Wildman–Crippen MR) is 140 cm³/mol. The van der Waals surface area contributed by atoms with Gasteiger partial charge in [-0.25, -0.2) is 8.42 Å². The van der Waals surface area contributed by atoms with E-state index in [-0.39, 0.29) is 18.5 Å². The second-order valence-electron chi connectivity index (χ2n) is 8.79. The molecule has 1 atom stereocenters. The van der Waals surface area contributed by atoms with E-state index in [0.29, 0.717) is 11.4 Å². The average Bonchev–Trinajstić information content (AvgIpc) is 3.33. The van der Waals surface area contributed by atoms with E-state index < -0.39 is 28.5 Å². The maximum atomic E-state index is 13.6. The van der Waals surface area contributed by atoms with Crippen molar-refractivity contribution in [3.05, 3.63) is 58.6 Å². The summed E-state index contributed by atoms with van der Waals surface area (Å²) in [6, 6.07) is 13.2. The number of methoxy groups -OCH3 is 1. The summed E-state index contributed by atoms with van der Waals surface area (Å²) in [5.74, 6) is -0.141. The standard InChI is InChI=1S/C25H32BrN3O5S/c1-18(25(31)27-21-9-4-5-10-21)28(16-19-7-6-8-20(26)15-19)24(30)17-29(35(3,32)33)22-11-13-23(34-2)14-12-22/h6-8,11-15,18,21H,4-5,9-10,16-17H2,1-3H3,(H,27,31)/t18-/m0/s1. The molecule has 3 rings (SSSR count). The number of nitrogens with zero attached hydrogens (tertiary/aromatic N) is 2. The molecule has 35 heavy (non-hydrogen) atoms.